The van der Waals surface area contributed by atoms with Crippen molar-refractivity contribution in [2.24, 2.45) is 0 Å². The van der Waals surface area contributed by atoms with Gasteiger partial charge in [0.15, 0.2) is 11.6 Å². The Morgan fingerprint density at radius 2 is 1.00 bits per heavy atom. The molecule has 6 heteroatoms. The number of rotatable bonds is 5. The highest BCUT2D eigenvalue weighted by Gasteiger charge is 2.22. The first kappa shape index (κ1) is 31.5. The number of hydrogen-bond donors (Lipinski definition) is 0. The molecule has 0 fully saturated rings. The van der Waals surface area contributed by atoms with Crippen molar-refractivity contribution in [3.8, 4) is 51.0 Å². The molecule has 0 amide bonds. The van der Waals surface area contributed by atoms with E-state index in [1.54, 1.807) is 0 Å². The van der Waals surface area contributed by atoms with Crippen molar-refractivity contribution in [1.82, 2.24) is 19.5 Å². The van der Waals surface area contributed by atoms with E-state index in [0.717, 1.165) is 93.5 Å². The van der Waals surface area contributed by atoms with Gasteiger partial charge in [0.2, 0.25) is 5.95 Å². The van der Waals surface area contributed by atoms with E-state index in [1.165, 1.54) is 5.56 Å². The van der Waals surface area contributed by atoms with E-state index in [4.69, 9.17) is 23.8 Å². The molecule has 0 radical (unpaired) electrons. The molecule has 0 bridgehead atoms. The number of benzene rings is 8. The lowest BCUT2D eigenvalue weighted by Crippen LogP contribution is -2.06. The first-order chi connectivity index (χ1) is 28.2. The average molecular weight is 731 g/mol. The normalized spacial score (nSPS) is 11.9. The van der Waals surface area contributed by atoms with E-state index in [2.05, 4.69) is 120 Å². The lowest BCUT2D eigenvalue weighted by atomic mass is 9.99. The van der Waals surface area contributed by atoms with E-state index in [1.807, 2.05) is 66.7 Å². The second-order valence-corrected chi connectivity index (χ2v) is 14.4. The van der Waals surface area contributed by atoms with E-state index < -0.39 is 0 Å². The standard InChI is InChI=1S/C51H30N4O2/c1-3-13-31(14-4-1)33-26-28-43-41(29-33)36-17-7-9-22-42(36)55(43)51-53-49(32-15-5-2-6-16-32)52-50(54-51)40-21-12-24-45-47(40)39-20-11-19-35(48(39)57-45)34-25-27-38-37-18-8-10-23-44(37)56-46(38)30-34/h1-30H. The fourth-order valence-electron chi connectivity index (χ4n) is 8.45. The second kappa shape index (κ2) is 12.3. The molecule has 12 aromatic rings. The molecule has 0 atom stereocenters. The van der Waals surface area contributed by atoms with Gasteiger partial charge in [0, 0.05) is 49.0 Å². The molecule has 0 aliphatic carbocycles. The third-order valence-electron chi connectivity index (χ3n) is 11.1. The minimum Gasteiger partial charge on any atom is -0.456 e. The van der Waals surface area contributed by atoms with Crippen molar-refractivity contribution in [3.05, 3.63) is 182 Å². The minimum atomic E-state index is 0.544. The fourth-order valence-corrected chi connectivity index (χ4v) is 8.45. The molecule has 4 heterocycles. The topological polar surface area (TPSA) is 69.9 Å². The third kappa shape index (κ3) is 4.94. The summed E-state index contributed by atoms with van der Waals surface area (Å²) in [5, 5.41) is 6.39. The Morgan fingerprint density at radius 1 is 0.351 bits per heavy atom. The van der Waals surface area contributed by atoms with Gasteiger partial charge in [-0.1, -0.05) is 140 Å². The van der Waals surface area contributed by atoms with E-state index in [0.29, 0.717) is 17.6 Å². The molecule has 57 heavy (non-hydrogen) atoms. The molecule has 0 N–H and O–H groups in total. The van der Waals surface area contributed by atoms with Crippen LogP contribution in [0.2, 0.25) is 0 Å². The number of aromatic nitrogens is 4. The zero-order chi connectivity index (χ0) is 37.5. The Labute approximate surface area is 325 Å². The minimum absolute atomic E-state index is 0.544. The fraction of sp³-hybridized carbons (Fsp3) is 0. The monoisotopic (exact) mass is 730 g/mol. The Hall–Kier alpha value is -7.83. The maximum atomic E-state index is 6.74. The Balaban J connectivity index is 1.08. The maximum Gasteiger partial charge on any atom is 0.238 e. The predicted molar refractivity (Wildman–Crippen MR) is 230 cm³/mol. The summed E-state index contributed by atoms with van der Waals surface area (Å²) in [7, 11) is 0. The predicted octanol–water partition coefficient (Wildman–Crippen LogP) is 13.4. The van der Waals surface area contributed by atoms with Crippen LogP contribution in [-0.2, 0) is 0 Å². The molecular weight excluding hydrogens is 701 g/mol. The van der Waals surface area contributed by atoms with Crippen LogP contribution in [0.3, 0.4) is 0 Å². The summed E-state index contributed by atoms with van der Waals surface area (Å²) in [5.74, 6) is 1.70. The smallest absolute Gasteiger partial charge is 0.238 e. The number of fused-ring (bicyclic) bond motifs is 9. The van der Waals surface area contributed by atoms with Crippen LogP contribution in [0.1, 0.15) is 0 Å². The molecule has 0 unspecified atom stereocenters. The second-order valence-electron chi connectivity index (χ2n) is 14.4. The van der Waals surface area contributed by atoms with Crippen LogP contribution in [-0.4, -0.2) is 19.5 Å². The van der Waals surface area contributed by atoms with Gasteiger partial charge in [-0.3, -0.25) is 4.57 Å². The Kier molecular flexibility index (Phi) is 6.83. The van der Waals surface area contributed by atoms with Gasteiger partial charge in [0.05, 0.1) is 11.0 Å². The molecule has 0 saturated heterocycles. The molecule has 266 valence electrons. The number of furan rings is 2. The van der Waals surface area contributed by atoms with Gasteiger partial charge >= 0.3 is 0 Å². The van der Waals surface area contributed by atoms with Gasteiger partial charge in [0.25, 0.3) is 0 Å². The van der Waals surface area contributed by atoms with Gasteiger partial charge in [-0.25, -0.2) is 4.98 Å². The summed E-state index contributed by atoms with van der Waals surface area (Å²) in [5.41, 5.74) is 11.4. The van der Waals surface area contributed by atoms with Crippen molar-refractivity contribution in [2.45, 2.75) is 0 Å². The first-order valence-electron chi connectivity index (χ1n) is 19.0. The number of para-hydroxylation sites is 3. The summed E-state index contributed by atoms with van der Waals surface area (Å²) >= 11 is 0. The maximum absolute atomic E-state index is 6.74. The van der Waals surface area contributed by atoms with Crippen LogP contribution in [0.25, 0.3) is 117 Å². The van der Waals surface area contributed by atoms with E-state index in [9.17, 15) is 0 Å². The number of hydrogen-bond acceptors (Lipinski definition) is 5. The summed E-state index contributed by atoms with van der Waals surface area (Å²) in [4.78, 5) is 15.7. The highest BCUT2D eigenvalue weighted by molar-refractivity contribution is 6.16. The van der Waals surface area contributed by atoms with Crippen LogP contribution in [0.4, 0.5) is 0 Å². The van der Waals surface area contributed by atoms with Crippen molar-refractivity contribution < 1.29 is 8.83 Å². The zero-order valence-corrected chi connectivity index (χ0v) is 30.4. The molecule has 0 spiro atoms. The van der Waals surface area contributed by atoms with Crippen LogP contribution >= 0.6 is 0 Å². The van der Waals surface area contributed by atoms with E-state index >= 15 is 0 Å². The van der Waals surface area contributed by atoms with Gasteiger partial charge in [0.1, 0.15) is 22.3 Å². The van der Waals surface area contributed by atoms with Crippen molar-refractivity contribution >= 4 is 65.7 Å². The van der Waals surface area contributed by atoms with Crippen LogP contribution in [0.5, 0.6) is 0 Å². The van der Waals surface area contributed by atoms with Gasteiger partial charge < -0.3 is 8.83 Å². The van der Waals surface area contributed by atoms with Crippen LogP contribution in [0, 0.1) is 0 Å². The Bertz CT molecular complexity index is 3530. The molecule has 4 aromatic heterocycles. The van der Waals surface area contributed by atoms with Gasteiger partial charge in [-0.05, 0) is 59.2 Å². The van der Waals surface area contributed by atoms with Crippen LogP contribution in [0.15, 0.2) is 191 Å². The Morgan fingerprint density at radius 3 is 1.88 bits per heavy atom. The molecular formula is C51H30N4O2. The number of nitrogens with zero attached hydrogens (tertiary/aromatic N) is 4. The molecule has 12 rings (SSSR count). The largest absolute Gasteiger partial charge is 0.456 e. The lowest BCUT2D eigenvalue weighted by molar-refractivity contribution is 0.668. The molecule has 6 nitrogen and oxygen atoms in total. The summed E-state index contributed by atoms with van der Waals surface area (Å²) in [6, 6.07) is 62.6. The SMILES string of the molecule is c1ccc(-c2ccc3c(c2)c2ccccc2n3-c2nc(-c3ccccc3)nc(-c3cccc4oc5c(-c6ccc7c(c6)oc6ccccc67)cccc5c34)n2)cc1. The lowest BCUT2D eigenvalue weighted by Gasteiger charge is -2.11. The van der Waals surface area contributed by atoms with Crippen molar-refractivity contribution in [3.63, 3.8) is 0 Å². The highest BCUT2D eigenvalue weighted by Crippen LogP contribution is 2.42. The molecule has 0 aliphatic heterocycles. The molecule has 0 aliphatic rings. The summed E-state index contributed by atoms with van der Waals surface area (Å²) < 4.78 is 15.2. The summed E-state index contributed by atoms with van der Waals surface area (Å²) in [6.07, 6.45) is 0. The molecule has 8 aromatic carbocycles. The van der Waals surface area contributed by atoms with Gasteiger partial charge in [-0.2, -0.15) is 9.97 Å². The van der Waals surface area contributed by atoms with E-state index in [-0.39, 0.29) is 0 Å². The van der Waals surface area contributed by atoms with Crippen LogP contribution < -0.4 is 0 Å². The highest BCUT2D eigenvalue weighted by atomic mass is 16.3. The third-order valence-corrected chi connectivity index (χ3v) is 11.1. The average Bonchev–Trinajstić information content (AvgIpc) is 3.96. The van der Waals surface area contributed by atoms with Gasteiger partial charge in [-0.15, -0.1) is 0 Å². The molecule has 0 saturated carbocycles. The first-order valence-corrected chi connectivity index (χ1v) is 19.0. The van der Waals surface area contributed by atoms with Crippen molar-refractivity contribution in [2.75, 3.05) is 0 Å². The zero-order valence-electron chi connectivity index (χ0n) is 30.4. The van der Waals surface area contributed by atoms with Crippen molar-refractivity contribution in [1.29, 1.82) is 0 Å². The quantitative estimate of drug-likeness (QED) is 0.176. The summed E-state index contributed by atoms with van der Waals surface area (Å²) in [6.45, 7) is 0.